The standard InChI is InChI=1S/C30H45N3O4/c1-28(2)20-25(31-27(35)21-9-10-21)30(14-13-29(3,36)19-24(28)30)12-11-26(34)33-17-15-32(16-18-33)22-7-5-6-8-23(22)37-4/h5-8,21,24-25,36H,9-20H2,1-4H3,(H,31,35)/t24-,25-,29+,30+/m0/s1. The highest BCUT2D eigenvalue weighted by Crippen LogP contribution is 2.64. The van der Waals surface area contributed by atoms with Crippen LogP contribution in [0.15, 0.2) is 24.3 Å². The number of piperazine rings is 1. The third kappa shape index (κ3) is 5.21. The molecule has 204 valence electrons. The van der Waals surface area contributed by atoms with Crippen LogP contribution >= 0.6 is 0 Å². The Bertz CT molecular complexity index is 1010. The van der Waals surface area contributed by atoms with Crippen LogP contribution in [0.5, 0.6) is 5.75 Å². The minimum absolute atomic E-state index is 0.00925. The molecule has 4 atom stereocenters. The smallest absolute Gasteiger partial charge is 0.223 e. The number of hydrogen-bond acceptors (Lipinski definition) is 5. The maximum Gasteiger partial charge on any atom is 0.223 e. The van der Waals surface area contributed by atoms with Gasteiger partial charge in [-0.2, -0.15) is 0 Å². The van der Waals surface area contributed by atoms with Gasteiger partial charge in [-0.15, -0.1) is 0 Å². The van der Waals surface area contributed by atoms with Gasteiger partial charge >= 0.3 is 0 Å². The normalized spacial score (nSPS) is 33.1. The number of rotatable bonds is 7. The number of aliphatic hydroxyl groups is 1. The Hall–Kier alpha value is -2.28. The van der Waals surface area contributed by atoms with Gasteiger partial charge in [-0.25, -0.2) is 0 Å². The van der Waals surface area contributed by atoms with E-state index < -0.39 is 5.60 Å². The minimum Gasteiger partial charge on any atom is -0.495 e. The molecule has 3 saturated carbocycles. The van der Waals surface area contributed by atoms with E-state index in [9.17, 15) is 14.7 Å². The van der Waals surface area contributed by atoms with Crippen LogP contribution in [0.2, 0.25) is 0 Å². The highest BCUT2D eigenvalue weighted by molar-refractivity contribution is 5.81. The molecule has 0 unspecified atom stereocenters. The Morgan fingerprint density at radius 3 is 2.43 bits per heavy atom. The molecule has 0 bridgehead atoms. The van der Waals surface area contributed by atoms with Gasteiger partial charge in [-0.3, -0.25) is 9.59 Å². The van der Waals surface area contributed by atoms with Crippen molar-refractivity contribution in [2.45, 2.75) is 83.8 Å². The second-order valence-corrected chi connectivity index (χ2v) is 13.1. The second kappa shape index (κ2) is 9.79. The fourth-order valence-electron chi connectivity index (χ4n) is 7.65. The Kier molecular flexibility index (Phi) is 6.97. The molecule has 1 aromatic rings. The van der Waals surface area contributed by atoms with Crippen molar-refractivity contribution in [3.8, 4) is 5.75 Å². The van der Waals surface area contributed by atoms with Crippen LogP contribution in [0.25, 0.3) is 0 Å². The number of hydrogen-bond donors (Lipinski definition) is 2. The summed E-state index contributed by atoms with van der Waals surface area (Å²) in [6, 6.07) is 8.13. The van der Waals surface area contributed by atoms with Crippen molar-refractivity contribution in [3.05, 3.63) is 24.3 Å². The van der Waals surface area contributed by atoms with Crippen LogP contribution in [0, 0.1) is 22.7 Å². The van der Waals surface area contributed by atoms with Crippen LogP contribution in [-0.4, -0.2) is 66.8 Å². The number of methoxy groups -OCH3 is 1. The summed E-state index contributed by atoms with van der Waals surface area (Å²) in [5, 5.41) is 14.4. The van der Waals surface area contributed by atoms with E-state index in [2.05, 4.69) is 30.1 Å². The maximum absolute atomic E-state index is 13.5. The molecule has 1 heterocycles. The van der Waals surface area contributed by atoms with Crippen molar-refractivity contribution < 1.29 is 19.4 Å². The van der Waals surface area contributed by atoms with Gasteiger partial charge < -0.3 is 25.0 Å². The SMILES string of the molecule is COc1ccccc1N1CCN(C(=O)CC[C@@]23CC[C@@](C)(O)C[C@H]2C(C)(C)C[C@@H]3NC(=O)C2CC2)CC1. The molecule has 3 aliphatic carbocycles. The first-order valence-electron chi connectivity index (χ1n) is 14.2. The maximum atomic E-state index is 13.5. The molecular formula is C30H45N3O4. The van der Waals surface area contributed by atoms with E-state index in [0.29, 0.717) is 19.5 Å². The number of nitrogens with one attached hydrogen (secondary N) is 1. The third-order valence-corrected chi connectivity index (χ3v) is 9.96. The molecule has 2 N–H and O–H groups in total. The molecule has 0 radical (unpaired) electrons. The zero-order valence-corrected chi connectivity index (χ0v) is 23.1. The van der Waals surface area contributed by atoms with E-state index >= 15 is 0 Å². The summed E-state index contributed by atoms with van der Waals surface area (Å²) >= 11 is 0. The zero-order chi connectivity index (χ0) is 26.4. The first kappa shape index (κ1) is 26.3. The monoisotopic (exact) mass is 511 g/mol. The summed E-state index contributed by atoms with van der Waals surface area (Å²) in [6.45, 7) is 9.51. The van der Waals surface area contributed by atoms with Gasteiger partial charge in [0.1, 0.15) is 5.75 Å². The average molecular weight is 512 g/mol. The minimum atomic E-state index is -0.681. The molecule has 7 heteroatoms. The van der Waals surface area contributed by atoms with Crippen LogP contribution in [0.1, 0.15) is 72.1 Å². The van der Waals surface area contributed by atoms with Gasteiger partial charge in [0.2, 0.25) is 11.8 Å². The number of amides is 2. The Morgan fingerprint density at radius 1 is 1.05 bits per heavy atom. The van der Waals surface area contributed by atoms with Gasteiger partial charge in [0, 0.05) is 44.6 Å². The van der Waals surface area contributed by atoms with E-state index in [1.54, 1.807) is 7.11 Å². The first-order chi connectivity index (χ1) is 17.5. The number of nitrogens with zero attached hydrogens (tertiary/aromatic N) is 2. The lowest BCUT2D eigenvalue weighted by Crippen LogP contribution is -2.53. The Labute approximate surface area is 221 Å². The predicted octanol–water partition coefficient (Wildman–Crippen LogP) is 3.99. The molecule has 1 saturated heterocycles. The van der Waals surface area contributed by atoms with Crippen molar-refractivity contribution in [3.63, 3.8) is 0 Å². The molecule has 37 heavy (non-hydrogen) atoms. The number of para-hydroxylation sites is 2. The van der Waals surface area contributed by atoms with E-state index in [1.807, 2.05) is 30.0 Å². The fraction of sp³-hybridized carbons (Fsp3) is 0.733. The van der Waals surface area contributed by atoms with E-state index in [0.717, 1.165) is 69.5 Å². The number of anilines is 1. The average Bonchev–Trinajstić information content (AvgIpc) is 3.70. The summed E-state index contributed by atoms with van der Waals surface area (Å²) in [5.41, 5.74) is 0.274. The lowest BCUT2D eigenvalue weighted by molar-refractivity contribution is -0.133. The van der Waals surface area contributed by atoms with Crippen LogP contribution in [0.4, 0.5) is 5.69 Å². The molecule has 0 aromatic heterocycles. The van der Waals surface area contributed by atoms with E-state index in [1.165, 1.54) is 0 Å². The van der Waals surface area contributed by atoms with Crippen molar-refractivity contribution in [2.24, 2.45) is 22.7 Å². The summed E-state index contributed by atoms with van der Waals surface area (Å²) in [6.07, 6.45) is 6.50. The molecule has 1 aliphatic heterocycles. The van der Waals surface area contributed by atoms with Crippen molar-refractivity contribution in [1.29, 1.82) is 0 Å². The molecular weight excluding hydrogens is 466 g/mol. The van der Waals surface area contributed by atoms with Crippen molar-refractivity contribution in [1.82, 2.24) is 10.2 Å². The molecule has 1 aromatic carbocycles. The largest absolute Gasteiger partial charge is 0.495 e. The molecule has 2 amide bonds. The lowest BCUT2D eigenvalue weighted by Gasteiger charge is -2.51. The summed E-state index contributed by atoms with van der Waals surface area (Å²) in [5.74, 6) is 1.72. The van der Waals surface area contributed by atoms with Crippen molar-refractivity contribution in [2.75, 3.05) is 38.2 Å². The Balaban J connectivity index is 1.26. The van der Waals surface area contributed by atoms with Gasteiger partial charge in [0.25, 0.3) is 0 Å². The number of benzene rings is 1. The van der Waals surface area contributed by atoms with Crippen LogP contribution in [-0.2, 0) is 9.59 Å². The molecule has 7 nitrogen and oxygen atoms in total. The molecule has 5 rings (SSSR count). The van der Waals surface area contributed by atoms with Crippen molar-refractivity contribution >= 4 is 17.5 Å². The predicted molar refractivity (Wildman–Crippen MR) is 144 cm³/mol. The lowest BCUT2D eigenvalue weighted by atomic mass is 9.57. The summed E-state index contributed by atoms with van der Waals surface area (Å²) in [4.78, 5) is 30.6. The fourth-order valence-corrected chi connectivity index (χ4v) is 7.65. The quantitative estimate of drug-likeness (QED) is 0.579. The zero-order valence-electron chi connectivity index (χ0n) is 23.1. The topological polar surface area (TPSA) is 82.1 Å². The number of carbonyl (C=O) groups excluding carboxylic acids is 2. The summed E-state index contributed by atoms with van der Waals surface area (Å²) in [7, 11) is 1.70. The number of carbonyl (C=O) groups is 2. The van der Waals surface area contributed by atoms with Gasteiger partial charge in [-0.05, 0) is 80.8 Å². The molecule has 0 spiro atoms. The van der Waals surface area contributed by atoms with E-state index in [4.69, 9.17) is 4.74 Å². The third-order valence-electron chi connectivity index (χ3n) is 9.96. The first-order valence-corrected chi connectivity index (χ1v) is 14.2. The molecule has 4 fully saturated rings. The number of ether oxygens (including phenoxy) is 1. The second-order valence-electron chi connectivity index (χ2n) is 13.1. The van der Waals surface area contributed by atoms with Crippen LogP contribution in [0.3, 0.4) is 0 Å². The summed E-state index contributed by atoms with van der Waals surface area (Å²) < 4.78 is 5.54. The van der Waals surface area contributed by atoms with E-state index in [-0.39, 0.29) is 40.5 Å². The highest BCUT2D eigenvalue weighted by Gasteiger charge is 2.62. The van der Waals surface area contributed by atoms with Gasteiger partial charge in [-0.1, -0.05) is 26.0 Å². The highest BCUT2D eigenvalue weighted by atomic mass is 16.5. The van der Waals surface area contributed by atoms with Gasteiger partial charge in [0.05, 0.1) is 18.4 Å². The molecule has 4 aliphatic rings. The Morgan fingerprint density at radius 2 is 1.76 bits per heavy atom. The van der Waals surface area contributed by atoms with Crippen LogP contribution < -0.4 is 15.0 Å². The van der Waals surface area contributed by atoms with Gasteiger partial charge in [0.15, 0.2) is 0 Å². The number of fused-ring (bicyclic) bond motifs is 1.